The average molecular weight is 354 g/mol. The van der Waals surface area contributed by atoms with Gasteiger partial charge in [-0.25, -0.2) is 5.10 Å². The lowest BCUT2D eigenvalue weighted by Crippen LogP contribution is -2.23. The molecule has 0 aliphatic heterocycles. The Balaban J connectivity index is 1.73. The van der Waals surface area contributed by atoms with Crippen LogP contribution in [0.3, 0.4) is 0 Å². The molecule has 3 rings (SSSR count). The number of amides is 1. The zero-order valence-corrected chi connectivity index (χ0v) is 15.5. The Labute approximate surface area is 153 Å². The largest absolute Gasteiger partial charge is 0.326 e. The molecule has 0 unspecified atom stereocenters. The molecule has 1 aliphatic carbocycles. The summed E-state index contributed by atoms with van der Waals surface area (Å²) >= 11 is 0. The van der Waals surface area contributed by atoms with Crippen LogP contribution in [0.5, 0.6) is 0 Å². The molecule has 2 aromatic rings. The molecule has 0 saturated carbocycles. The first-order valence-corrected chi connectivity index (χ1v) is 9.16. The maximum Gasteiger partial charge on any atom is 0.267 e. The number of anilines is 1. The van der Waals surface area contributed by atoms with Crippen LogP contribution in [0.4, 0.5) is 5.69 Å². The fraction of sp³-hybridized carbons (Fsp3) is 0.450. The van der Waals surface area contributed by atoms with E-state index in [4.69, 9.17) is 0 Å². The van der Waals surface area contributed by atoms with Crippen LogP contribution in [0, 0.1) is 0 Å². The van der Waals surface area contributed by atoms with Crippen molar-refractivity contribution in [2.24, 2.45) is 0 Å². The second-order valence-electron chi connectivity index (χ2n) is 7.14. The molecule has 1 heterocycles. The van der Waals surface area contributed by atoms with Crippen molar-refractivity contribution in [1.29, 1.82) is 0 Å². The maximum atomic E-state index is 12.0. The molecule has 138 valence electrons. The number of aromatic amines is 1. The summed E-state index contributed by atoms with van der Waals surface area (Å²) in [5.74, 6) is 0.00963. The zero-order chi connectivity index (χ0) is 18.5. The van der Waals surface area contributed by atoms with Gasteiger partial charge in [-0.05, 0) is 63.0 Å². The van der Waals surface area contributed by atoms with Crippen LogP contribution in [0.15, 0.2) is 29.1 Å². The molecule has 0 spiro atoms. The van der Waals surface area contributed by atoms with E-state index in [9.17, 15) is 9.59 Å². The van der Waals surface area contributed by atoms with Crippen LogP contribution in [-0.4, -0.2) is 41.6 Å². The highest BCUT2D eigenvalue weighted by Crippen LogP contribution is 2.22. The van der Waals surface area contributed by atoms with Gasteiger partial charge in [0.05, 0.1) is 5.69 Å². The molecule has 26 heavy (non-hydrogen) atoms. The van der Waals surface area contributed by atoms with Gasteiger partial charge in [0.25, 0.3) is 5.56 Å². The van der Waals surface area contributed by atoms with Crippen LogP contribution in [-0.2, 0) is 24.1 Å². The van der Waals surface area contributed by atoms with Gasteiger partial charge >= 0.3 is 0 Å². The third-order valence-electron chi connectivity index (χ3n) is 4.75. The molecular formula is C20H26N4O2. The summed E-state index contributed by atoms with van der Waals surface area (Å²) in [6.45, 7) is 0.721. The highest BCUT2D eigenvalue weighted by atomic mass is 16.1. The lowest BCUT2D eigenvalue weighted by atomic mass is 9.90. The lowest BCUT2D eigenvalue weighted by Gasteiger charge is -2.17. The number of rotatable bonds is 6. The highest BCUT2D eigenvalue weighted by Gasteiger charge is 2.18. The quantitative estimate of drug-likeness (QED) is 0.833. The molecule has 1 amide bonds. The van der Waals surface area contributed by atoms with Crippen molar-refractivity contribution < 1.29 is 4.79 Å². The number of fused-ring (bicyclic) bond motifs is 1. The summed E-state index contributed by atoms with van der Waals surface area (Å²) in [6.07, 6.45) is 5.04. The Morgan fingerprint density at radius 2 is 2.00 bits per heavy atom. The molecule has 6 nitrogen and oxygen atoms in total. The molecule has 1 aromatic heterocycles. The van der Waals surface area contributed by atoms with Gasteiger partial charge in [-0.1, -0.05) is 12.1 Å². The monoisotopic (exact) mass is 354 g/mol. The van der Waals surface area contributed by atoms with Gasteiger partial charge in [0.1, 0.15) is 0 Å². The van der Waals surface area contributed by atoms with Crippen LogP contribution >= 0.6 is 0 Å². The van der Waals surface area contributed by atoms with E-state index in [2.05, 4.69) is 15.5 Å². The number of benzene rings is 1. The van der Waals surface area contributed by atoms with Gasteiger partial charge in [-0.2, -0.15) is 5.10 Å². The lowest BCUT2D eigenvalue weighted by molar-refractivity contribution is -0.116. The van der Waals surface area contributed by atoms with Crippen LogP contribution < -0.4 is 10.9 Å². The standard InChI is InChI=1S/C20H26N4O2/c1-24(2)11-10-19(25)21-15-7-5-6-14(12-15)13-18-16-8-3-4-9-17(16)20(26)23-22-18/h5-7,12H,3-4,8-11,13H2,1-2H3,(H,21,25)(H,23,26). The van der Waals surface area contributed by atoms with Crippen LogP contribution in [0.25, 0.3) is 0 Å². The molecule has 0 fully saturated rings. The predicted molar refractivity (Wildman–Crippen MR) is 103 cm³/mol. The second-order valence-corrected chi connectivity index (χ2v) is 7.14. The van der Waals surface area contributed by atoms with E-state index in [0.717, 1.165) is 60.3 Å². The molecule has 0 bridgehead atoms. The molecule has 2 N–H and O–H groups in total. The number of carbonyl (C=O) groups excluding carboxylic acids is 1. The van der Waals surface area contributed by atoms with Crippen molar-refractivity contribution in [3.8, 4) is 0 Å². The normalized spacial score (nSPS) is 13.5. The van der Waals surface area contributed by atoms with E-state index >= 15 is 0 Å². The topological polar surface area (TPSA) is 78.1 Å². The minimum absolute atomic E-state index is 0.00963. The number of hydrogen-bond donors (Lipinski definition) is 2. The summed E-state index contributed by atoms with van der Waals surface area (Å²) in [5, 5.41) is 9.89. The fourth-order valence-electron chi connectivity index (χ4n) is 3.37. The third-order valence-corrected chi connectivity index (χ3v) is 4.75. The molecule has 0 saturated heterocycles. The molecule has 1 aliphatic rings. The van der Waals surface area contributed by atoms with Gasteiger partial charge < -0.3 is 10.2 Å². The van der Waals surface area contributed by atoms with Crippen molar-refractivity contribution in [3.63, 3.8) is 0 Å². The Kier molecular flexibility index (Phi) is 5.83. The van der Waals surface area contributed by atoms with E-state index in [-0.39, 0.29) is 11.5 Å². The molecule has 0 atom stereocenters. The zero-order valence-electron chi connectivity index (χ0n) is 15.5. The van der Waals surface area contributed by atoms with E-state index in [1.54, 1.807) is 0 Å². The maximum absolute atomic E-state index is 12.0. The Morgan fingerprint density at radius 3 is 2.77 bits per heavy atom. The van der Waals surface area contributed by atoms with Crippen LogP contribution in [0.1, 0.15) is 41.6 Å². The van der Waals surface area contributed by atoms with Gasteiger partial charge in [0.15, 0.2) is 0 Å². The van der Waals surface area contributed by atoms with E-state index < -0.39 is 0 Å². The first kappa shape index (κ1) is 18.3. The van der Waals surface area contributed by atoms with Gasteiger partial charge in [0, 0.05) is 30.6 Å². The third kappa shape index (κ3) is 4.58. The van der Waals surface area contributed by atoms with E-state index in [0.29, 0.717) is 12.8 Å². The van der Waals surface area contributed by atoms with Crippen molar-refractivity contribution in [3.05, 3.63) is 57.0 Å². The Morgan fingerprint density at radius 1 is 1.23 bits per heavy atom. The SMILES string of the molecule is CN(C)CCC(=O)Nc1cccc(Cc2n[nH]c(=O)c3c2CCCC3)c1. The average Bonchev–Trinajstić information content (AvgIpc) is 2.63. The summed E-state index contributed by atoms with van der Waals surface area (Å²) in [4.78, 5) is 26.0. The Bertz CT molecular complexity index is 842. The van der Waals surface area contributed by atoms with Gasteiger partial charge in [-0.15, -0.1) is 0 Å². The number of nitrogens with one attached hydrogen (secondary N) is 2. The number of aromatic nitrogens is 2. The van der Waals surface area contributed by atoms with Crippen molar-refractivity contribution >= 4 is 11.6 Å². The highest BCUT2D eigenvalue weighted by molar-refractivity contribution is 5.90. The molecule has 1 aromatic carbocycles. The number of carbonyl (C=O) groups is 1. The fourth-order valence-corrected chi connectivity index (χ4v) is 3.37. The summed E-state index contributed by atoms with van der Waals surface area (Å²) < 4.78 is 0. The summed E-state index contributed by atoms with van der Waals surface area (Å²) in [5.41, 5.74) is 4.77. The van der Waals surface area contributed by atoms with Crippen molar-refractivity contribution in [2.75, 3.05) is 26.0 Å². The number of H-pyrrole nitrogens is 1. The van der Waals surface area contributed by atoms with Crippen molar-refractivity contribution in [2.45, 2.75) is 38.5 Å². The first-order valence-electron chi connectivity index (χ1n) is 9.16. The summed E-state index contributed by atoms with van der Waals surface area (Å²) in [7, 11) is 3.90. The van der Waals surface area contributed by atoms with Gasteiger partial charge in [-0.3, -0.25) is 9.59 Å². The smallest absolute Gasteiger partial charge is 0.267 e. The molecule has 0 radical (unpaired) electrons. The second kappa shape index (κ2) is 8.27. The molecule has 6 heteroatoms. The first-order chi connectivity index (χ1) is 12.5. The minimum atomic E-state index is -0.0506. The summed E-state index contributed by atoms with van der Waals surface area (Å²) in [6, 6.07) is 7.84. The predicted octanol–water partition coefficient (Wildman–Crippen LogP) is 2.13. The van der Waals surface area contributed by atoms with Crippen LogP contribution in [0.2, 0.25) is 0 Å². The Hall–Kier alpha value is -2.47. The number of nitrogens with zero attached hydrogens (tertiary/aromatic N) is 2. The number of hydrogen-bond acceptors (Lipinski definition) is 4. The van der Waals surface area contributed by atoms with E-state index in [1.165, 1.54) is 0 Å². The van der Waals surface area contributed by atoms with E-state index in [1.807, 2.05) is 43.3 Å². The van der Waals surface area contributed by atoms with Gasteiger partial charge in [0.2, 0.25) is 5.91 Å². The molecular weight excluding hydrogens is 328 g/mol. The van der Waals surface area contributed by atoms with Crippen molar-refractivity contribution in [1.82, 2.24) is 15.1 Å². The minimum Gasteiger partial charge on any atom is -0.326 e.